The monoisotopic (exact) mass is 243 g/mol. The van der Waals surface area contributed by atoms with Crippen LogP contribution in [0.3, 0.4) is 0 Å². The predicted octanol–water partition coefficient (Wildman–Crippen LogP) is 1.77. The lowest BCUT2D eigenvalue weighted by Crippen LogP contribution is -2.26. The predicted molar refractivity (Wildman–Crippen MR) is 50.7 cm³/mol. The van der Waals surface area contributed by atoms with E-state index < -0.39 is 15.7 Å². The number of carboxylic acid groups (broad SMARTS) is 1. The second kappa shape index (κ2) is 3.18. The fourth-order valence-corrected chi connectivity index (χ4v) is 2.34. The van der Waals surface area contributed by atoms with Crippen molar-refractivity contribution < 1.29 is 9.90 Å². The van der Waals surface area contributed by atoms with Gasteiger partial charge in [-0.2, -0.15) is 0 Å². The van der Waals surface area contributed by atoms with Crippen LogP contribution < -0.4 is 5.11 Å². The first-order chi connectivity index (χ1) is 5.66. The molecule has 1 aliphatic carbocycles. The zero-order valence-electron chi connectivity index (χ0n) is 7.31. The van der Waals surface area contributed by atoms with Crippen molar-refractivity contribution in [2.45, 2.75) is 24.1 Å². The Hall–Kier alpha value is 0.340. The molecule has 0 aromatic heterocycles. The summed E-state index contributed by atoms with van der Waals surface area (Å²) in [4.78, 5) is 10.6. The molecule has 2 atom stereocenters. The van der Waals surface area contributed by atoms with Crippen molar-refractivity contribution >= 4 is 40.8 Å². The van der Waals surface area contributed by atoms with Crippen molar-refractivity contribution in [3.05, 3.63) is 0 Å². The molecule has 2 nitrogen and oxygen atoms in total. The van der Waals surface area contributed by atoms with Crippen molar-refractivity contribution in [1.29, 1.82) is 0 Å². The summed E-state index contributed by atoms with van der Waals surface area (Å²) < 4.78 is -1.37. The van der Waals surface area contributed by atoms with Crippen LogP contribution in [0.15, 0.2) is 0 Å². The molecule has 1 aliphatic rings. The minimum Gasteiger partial charge on any atom is -0.550 e. The first-order valence-corrected chi connectivity index (χ1v) is 5.07. The van der Waals surface area contributed by atoms with Crippen molar-refractivity contribution in [3.63, 3.8) is 0 Å². The molecule has 13 heavy (non-hydrogen) atoms. The Bertz CT molecular complexity index is 232. The number of carbonyl (C=O) groups excluding carboxylic acids is 1. The summed E-state index contributed by atoms with van der Waals surface area (Å²) >= 11 is 16.7. The first-order valence-electron chi connectivity index (χ1n) is 3.94. The van der Waals surface area contributed by atoms with E-state index in [1.54, 1.807) is 0 Å². The number of carbonyl (C=O) groups is 1. The van der Waals surface area contributed by atoms with Gasteiger partial charge in [0, 0.05) is 11.9 Å². The number of aliphatic carboxylic acids is 1. The lowest BCUT2D eigenvalue weighted by atomic mass is 10.1. The van der Waals surface area contributed by atoms with Gasteiger partial charge in [0.1, 0.15) is 0 Å². The van der Waals surface area contributed by atoms with E-state index in [1.165, 1.54) is 0 Å². The van der Waals surface area contributed by atoms with Gasteiger partial charge in [-0.05, 0) is 17.8 Å². The van der Waals surface area contributed by atoms with Crippen molar-refractivity contribution in [2.75, 3.05) is 0 Å². The third-order valence-electron chi connectivity index (χ3n) is 2.76. The van der Waals surface area contributed by atoms with Crippen LogP contribution in [0.5, 0.6) is 0 Å². The van der Waals surface area contributed by atoms with E-state index in [0.29, 0.717) is 0 Å². The smallest absolute Gasteiger partial charge is 0.190 e. The van der Waals surface area contributed by atoms with Crippen molar-refractivity contribution in [2.24, 2.45) is 17.3 Å². The van der Waals surface area contributed by atoms with Gasteiger partial charge >= 0.3 is 0 Å². The van der Waals surface area contributed by atoms with E-state index in [0.717, 1.165) is 0 Å². The molecule has 1 fully saturated rings. The molecule has 0 bridgehead atoms. The highest BCUT2D eigenvalue weighted by Crippen LogP contribution is 2.62. The highest BCUT2D eigenvalue weighted by Gasteiger charge is 2.59. The Labute approximate surface area is 92.2 Å². The zero-order chi connectivity index (χ0) is 10.4. The van der Waals surface area contributed by atoms with Gasteiger partial charge in [0.25, 0.3) is 0 Å². The van der Waals surface area contributed by atoms with Gasteiger partial charge in [-0.25, -0.2) is 0 Å². The summed E-state index contributed by atoms with van der Waals surface area (Å²) in [6, 6.07) is 0. The Morgan fingerprint density at radius 3 is 2.15 bits per heavy atom. The largest absolute Gasteiger partial charge is 0.550 e. The molecule has 0 aromatic rings. The lowest BCUT2D eigenvalue weighted by Gasteiger charge is -2.10. The number of hydrogen-bond acceptors (Lipinski definition) is 2. The van der Waals surface area contributed by atoms with Gasteiger partial charge in [0.2, 0.25) is 0 Å². The van der Waals surface area contributed by atoms with Crippen molar-refractivity contribution in [3.8, 4) is 0 Å². The average Bonchev–Trinajstić information content (AvgIpc) is 2.28. The molecule has 0 N–H and O–H groups in total. The standard InChI is InChI=1S/C8H11Cl3O2/c1-7(2)4(3-8(9,10)11)5(7)6(12)13/h4-5H,3H2,1-2H3,(H,12,13)/p-1. The molecule has 0 amide bonds. The molecular formula is C8H10Cl3O2-. The molecule has 1 saturated carbocycles. The number of hydrogen-bond donors (Lipinski definition) is 0. The summed E-state index contributed by atoms with van der Waals surface area (Å²) in [7, 11) is 0. The quantitative estimate of drug-likeness (QED) is 0.695. The lowest BCUT2D eigenvalue weighted by molar-refractivity contribution is -0.309. The maximum Gasteiger partial charge on any atom is 0.190 e. The molecule has 0 spiro atoms. The molecule has 0 heterocycles. The molecule has 1 rings (SSSR count). The third kappa shape index (κ3) is 2.42. The molecular weight excluding hydrogens is 234 g/mol. The fraction of sp³-hybridized carbons (Fsp3) is 0.875. The second-order valence-electron chi connectivity index (χ2n) is 4.04. The molecule has 76 valence electrons. The van der Waals surface area contributed by atoms with Gasteiger partial charge in [-0.15, -0.1) is 0 Å². The summed E-state index contributed by atoms with van der Waals surface area (Å²) in [5.74, 6) is -1.63. The Morgan fingerprint density at radius 1 is 1.46 bits per heavy atom. The van der Waals surface area contributed by atoms with E-state index in [2.05, 4.69) is 0 Å². The Kier molecular flexibility index (Phi) is 2.79. The number of halogens is 3. The number of rotatable bonds is 2. The molecule has 5 heteroatoms. The highest BCUT2D eigenvalue weighted by molar-refractivity contribution is 6.67. The van der Waals surface area contributed by atoms with Crippen LogP contribution in [-0.4, -0.2) is 9.76 Å². The van der Waals surface area contributed by atoms with Gasteiger partial charge in [-0.1, -0.05) is 48.7 Å². The van der Waals surface area contributed by atoms with Crippen molar-refractivity contribution in [1.82, 2.24) is 0 Å². The van der Waals surface area contributed by atoms with Gasteiger partial charge in [-0.3, -0.25) is 0 Å². The normalized spacial score (nSPS) is 31.5. The summed E-state index contributed by atoms with van der Waals surface area (Å²) in [6.07, 6.45) is 0.267. The topological polar surface area (TPSA) is 40.1 Å². The molecule has 0 radical (unpaired) electrons. The van der Waals surface area contributed by atoms with Crippen LogP contribution in [0.25, 0.3) is 0 Å². The summed E-state index contributed by atoms with van der Waals surface area (Å²) in [5, 5.41) is 10.6. The van der Waals surface area contributed by atoms with Gasteiger partial charge in [0.15, 0.2) is 3.79 Å². The molecule has 0 aromatic carbocycles. The minimum atomic E-state index is -1.37. The van der Waals surface area contributed by atoms with Gasteiger partial charge in [0.05, 0.1) is 0 Å². The number of carboxylic acids is 1. The van der Waals surface area contributed by atoms with E-state index in [-0.39, 0.29) is 17.8 Å². The third-order valence-corrected chi connectivity index (χ3v) is 3.22. The van der Waals surface area contributed by atoms with Crippen LogP contribution in [-0.2, 0) is 4.79 Å². The van der Waals surface area contributed by atoms with E-state index in [4.69, 9.17) is 34.8 Å². The summed E-state index contributed by atoms with van der Waals surface area (Å²) in [5.41, 5.74) is -0.303. The van der Waals surface area contributed by atoms with E-state index >= 15 is 0 Å². The van der Waals surface area contributed by atoms with Crippen LogP contribution in [0.2, 0.25) is 0 Å². The average molecular weight is 245 g/mol. The Balaban J connectivity index is 2.61. The molecule has 0 aliphatic heterocycles. The minimum absolute atomic E-state index is 0.0926. The fourth-order valence-electron chi connectivity index (χ4n) is 1.84. The van der Waals surface area contributed by atoms with E-state index in [1.807, 2.05) is 13.8 Å². The van der Waals surface area contributed by atoms with Crippen LogP contribution in [0, 0.1) is 17.3 Å². The van der Waals surface area contributed by atoms with E-state index in [9.17, 15) is 9.90 Å². The number of alkyl halides is 3. The first kappa shape index (κ1) is 11.4. The van der Waals surface area contributed by atoms with Crippen LogP contribution in [0.1, 0.15) is 20.3 Å². The zero-order valence-corrected chi connectivity index (χ0v) is 9.58. The maximum atomic E-state index is 10.6. The Morgan fingerprint density at radius 2 is 1.92 bits per heavy atom. The maximum absolute atomic E-state index is 10.6. The molecule has 2 unspecified atom stereocenters. The van der Waals surface area contributed by atoms with Crippen LogP contribution >= 0.6 is 34.8 Å². The van der Waals surface area contributed by atoms with Crippen LogP contribution in [0.4, 0.5) is 0 Å². The molecule has 0 saturated heterocycles. The highest BCUT2D eigenvalue weighted by atomic mass is 35.6. The second-order valence-corrected chi connectivity index (χ2v) is 6.56. The SMILES string of the molecule is CC1(C)C(CC(Cl)(Cl)Cl)C1C(=O)[O-]. The van der Waals surface area contributed by atoms with Gasteiger partial charge < -0.3 is 9.90 Å². The summed E-state index contributed by atoms with van der Waals surface area (Å²) in [6.45, 7) is 3.68.